The summed E-state index contributed by atoms with van der Waals surface area (Å²) in [4.78, 5) is 33.7. The Morgan fingerprint density at radius 1 is 1.18 bits per heavy atom. The Balaban J connectivity index is 1.25. The lowest BCUT2D eigenvalue weighted by molar-refractivity contribution is -0.116. The van der Waals surface area contributed by atoms with E-state index in [0.29, 0.717) is 43.3 Å². The lowest BCUT2D eigenvalue weighted by Crippen LogP contribution is -2.49. The number of fused-ring (bicyclic) bond motifs is 4. The van der Waals surface area contributed by atoms with Gasteiger partial charge < -0.3 is 14.4 Å². The number of carbonyl (C=O) groups excluding carboxylic acids is 2. The summed E-state index contributed by atoms with van der Waals surface area (Å²) in [5.41, 5.74) is 5.13. The monoisotopic (exact) mass is 701 g/mol. The minimum absolute atomic E-state index is 0.00362. The van der Waals surface area contributed by atoms with Crippen molar-refractivity contribution in [2.45, 2.75) is 76.2 Å². The van der Waals surface area contributed by atoms with Gasteiger partial charge >= 0.3 is 0 Å². The Morgan fingerprint density at radius 3 is 2.88 bits per heavy atom. The van der Waals surface area contributed by atoms with E-state index >= 15 is 0 Å². The van der Waals surface area contributed by atoms with Crippen LogP contribution in [0.5, 0.6) is 5.75 Å². The highest BCUT2D eigenvalue weighted by atomic mass is 32.2. The molecule has 10 heteroatoms. The lowest BCUT2D eigenvalue weighted by Gasteiger charge is -2.46. The van der Waals surface area contributed by atoms with Gasteiger partial charge in [0.05, 0.1) is 38.9 Å². The molecule has 7 rings (SSSR count). The van der Waals surface area contributed by atoms with Crippen LogP contribution in [0.3, 0.4) is 0 Å². The zero-order valence-electron chi connectivity index (χ0n) is 28.6. The Hall–Kier alpha value is -3.34. The van der Waals surface area contributed by atoms with Crippen LogP contribution >= 0.6 is 11.3 Å². The predicted molar refractivity (Wildman–Crippen MR) is 195 cm³/mol. The molecule has 49 heavy (non-hydrogen) atoms. The minimum atomic E-state index is -3.14. The van der Waals surface area contributed by atoms with Crippen LogP contribution in [0, 0.1) is 18.8 Å². The van der Waals surface area contributed by atoms with Crippen molar-refractivity contribution < 1.29 is 23.3 Å². The molecule has 4 aliphatic rings. The van der Waals surface area contributed by atoms with Gasteiger partial charge in [0.2, 0.25) is 0 Å². The summed E-state index contributed by atoms with van der Waals surface area (Å²) in [7, 11) is -1.35. The Labute approximate surface area is 294 Å². The topological polar surface area (TPSA) is 98.2 Å². The van der Waals surface area contributed by atoms with Crippen molar-refractivity contribution >= 4 is 38.4 Å². The van der Waals surface area contributed by atoms with E-state index in [0.717, 1.165) is 61.6 Å². The molecule has 3 aromatic rings. The number of anilines is 1. The number of hydrogen-bond acceptors (Lipinski definition) is 8. The summed E-state index contributed by atoms with van der Waals surface area (Å²) in [6.45, 7) is 4.34. The molecule has 1 fully saturated rings. The zero-order chi connectivity index (χ0) is 34.0. The third kappa shape index (κ3) is 7.42. The number of rotatable bonds is 6. The average molecular weight is 702 g/mol. The summed E-state index contributed by atoms with van der Waals surface area (Å²) in [6.07, 6.45) is 13.4. The van der Waals surface area contributed by atoms with Crippen molar-refractivity contribution in [3.05, 3.63) is 87.4 Å². The second kappa shape index (κ2) is 14.5. The molecule has 1 amide bonds. The SMILES string of the molecule is CO[C@H]1/C=C/CCC[S@@](=O)(CC(=O)CCc2nccs2)=NC(=O)c2ccc3c(c2)N(C[C@@H]2CC[C@H]21)C[C@@]1(CCCc2cc(C)ccc21)CO3. The van der Waals surface area contributed by atoms with E-state index < -0.39 is 15.6 Å². The first kappa shape index (κ1) is 34.1. The Morgan fingerprint density at radius 2 is 2.08 bits per heavy atom. The normalized spacial score (nSPS) is 29.1. The predicted octanol–water partition coefficient (Wildman–Crippen LogP) is 7.13. The van der Waals surface area contributed by atoms with Gasteiger partial charge in [-0.05, 0) is 93.0 Å². The number of Topliss-reactive ketones (excluding diaryl/α,β-unsaturated/α-hetero) is 1. The van der Waals surface area contributed by atoms with Crippen LogP contribution in [0.4, 0.5) is 5.69 Å². The van der Waals surface area contributed by atoms with E-state index in [1.54, 1.807) is 19.4 Å². The molecule has 0 saturated heterocycles. The van der Waals surface area contributed by atoms with Crippen molar-refractivity contribution in [2.24, 2.45) is 16.2 Å². The number of hydrogen-bond donors (Lipinski definition) is 0. The fraction of sp³-hybridized carbons (Fsp3) is 0.513. The van der Waals surface area contributed by atoms with Crippen LogP contribution in [0.25, 0.3) is 0 Å². The summed E-state index contributed by atoms with van der Waals surface area (Å²) in [5, 5.41) is 2.75. The highest BCUT2D eigenvalue weighted by Gasteiger charge is 2.44. The zero-order valence-corrected chi connectivity index (χ0v) is 30.2. The highest BCUT2D eigenvalue weighted by molar-refractivity contribution is 7.94. The molecule has 0 N–H and O–H groups in total. The third-order valence-electron chi connectivity index (χ3n) is 11.0. The molecule has 260 valence electrons. The van der Waals surface area contributed by atoms with E-state index in [9.17, 15) is 13.8 Å². The molecule has 2 aromatic carbocycles. The number of methoxy groups -OCH3 is 1. The van der Waals surface area contributed by atoms with Crippen LogP contribution < -0.4 is 9.64 Å². The average Bonchev–Trinajstić information content (AvgIpc) is 3.55. The molecule has 5 atom stereocenters. The number of aryl methyl sites for hydroxylation is 3. The molecule has 0 radical (unpaired) electrons. The lowest BCUT2D eigenvalue weighted by atomic mass is 9.68. The molecular weight excluding hydrogens is 655 g/mol. The fourth-order valence-corrected chi connectivity index (χ4v) is 10.9. The van der Waals surface area contributed by atoms with Crippen molar-refractivity contribution in [3.63, 3.8) is 0 Å². The van der Waals surface area contributed by atoms with Gasteiger partial charge in [0.1, 0.15) is 11.5 Å². The summed E-state index contributed by atoms with van der Waals surface area (Å²) < 4.78 is 31.4. The van der Waals surface area contributed by atoms with Crippen molar-refractivity contribution in [1.82, 2.24) is 4.98 Å². The second-order valence-electron chi connectivity index (χ2n) is 14.4. The van der Waals surface area contributed by atoms with E-state index in [1.807, 2.05) is 17.5 Å². The molecule has 2 bridgehead atoms. The van der Waals surface area contributed by atoms with E-state index in [4.69, 9.17) is 9.47 Å². The number of ether oxygens (including phenoxy) is 2. The number of benzene rings is 2. The van der Waals surface area contributed by atoms with Crippen LogP contribution in [0.15, 0.2) is 64.5 Å². The van der Waals surface area contributed by atoms with Crippen LogP contribution in [0.2, 0.25) is 0 Å². The molecule has 2 aliphatic heterocycles. The maximum atomic E-state index is 14.3. The first-order chi connectivity index (χ1) is 23.7. The second-order valence-corrected chi connectivity index (χ2v) is 17.8. The molecular formula is C39H47N3O5S2. The molecule has 8 nitrogen and oxygen atoms in total. The number of thiazole rings is 1. The third-order valence-corrected chi connectivity index (χ3v) is 14.0. The van der Waals surface area contributed by atoms with Gasteiger partial charge in [-0.2, -0.15) is 4.36 Å². The van der Waals surface area contributed by atoms with Gasteiger partial charge in [0, 0.05) is 61.3 Å². The molecule has 1 saturated carbocycles. The van der Waals surface area contributed by atoms with Gasteiger partial charge in [-0.1, -0.05) is 35.9 Å². The molecule has 3 heterocycles. The number of nitrogens with zero attached hydrogens (tertiary/aromatic N) is 3. The molecule has 1 aromatic heterocycles. The van der Waals surface area contributed by atoms with Crippen molar-refractivity contribution in [2.75, 3.05) is 43.2 Å². The summed E-state index contributed by atoms with van der Waals surface area (Å²) in [5.74, 6) is 0.819. The first-order valence-electron chi connectivity index (χ1n) is 17.7. The molecule has 1 spiro atoms. The number of allylic oxidation sites excluding steroid dienone is 1. The van der Waals surface area contributed by atoms with Crippen LogP contribution in [-0.2, 0) is 37.5 Å². The quantitative estimate of drug-likeness (QED) is 0.253. The standard InChI is InChI=1S/C39H47N3O5S2/c1-27-9-14-33-28(21-27)7-6-17-39(33)25-42-23-30-10-13-32(30)35(46-2)8-4-3-5-20-49(45,24-31(43)12-16-37-40-18-19-48-37)41-38(44)29-11-15-36(47-26-39)34(42)22-29/h4,8-9,11,14-15,18-19,21-22,30,32,35H,3,5-7,10,12-13,16-17,20,23-26H2,1-2H3/b8-4+/t30-,32+,35-,39-,49+/m0/s1. The van der Waals surface area contributed by atoms with Gasteiger partial charge in [-0.15, -0.1) is 11.3 Å². The molecule has 2 aliphatic carbocycles. The van der Waals surface area contributed by atoms with E-state index in [1.165, 1.54) is 28.0 Å². The number of carbonyl (C=O) groups is 2. The van der Waals surface area contributed by atoms with E-state index in [-0.39, 0.29) is 35.2 Å². The Kier molecular flexibility index (Phi) is 10.1. The van der Waals surface area contributed by atoms with Crippen LogP contribution in [-0.4, -0.2) is 65.3 Å². The van der Waals surface area contributed by atoms with Gasteiger partial charge in [-0.3, -0.25) is 9.59 Å². The highest BCUT2D eigenvalue weighted by Crippen LogP contribution is 2.47. The van der Waals surface area contributed by atoms with Crippen molar-refractivity contribution in [3.8, 4) is 5.75 Å². The minimum Gasteiger partial charge on any atom is -0.490 e. The smallest absolute Gasteiger partial charge is 0.285 e. The van der Waals surface area contributed by atoms with E-state index in [2.05, 4.69) is 51.5 Å². The summed E-state index contributed by atoms with van der Waals surface area (Å²) in [6, 6.07) is 12.4. The number of aromatic nitrogens is 1. The number of amides is 1. The Bertz CT molecular complexity index is 1850. The van der Waals surface area contributed by atoms with Crippen LogP contribution in [0.1, 0.15) is 77.0 Å². The largest absolute Gasteiger partial charge is 0.490 e. The van der Waals surface area contributed by atoms with Gasteiger partial charge in [-0.25, -0.2) is 9.19 Å². The summed E-state index contributed by atoms with van der Waals surface area (Å²) >= 11 is 1.50. The van der Waals surface area contributed by atoms with Crippen molar-refractivity contribution in [1.29, 1.82) is 0 Å². The first-order valence-corrected chi connectivity index (χ1v) is 20.5. The maximum Gasteiger partial charge on any atom is 0.285 e. The van der Waals surface area contributed by atoms with Gasteiger partial charge in [0.15, 0.2) is 0 Å². The fourth-order valence-electron chi connectivity index (χ4n) is 8.30. The maximum absolute atomic E-state index is 14.3. The number of ketones is 1. The van der Waals surface area contributed by atoms with Gasteiger partial charge in [0.25, 0.3) is 5.91 Å². The molecule has 0 unspecified atom stereocenters.